The molecule has 1 rings (SSSR count). The van der Waals surface area contributed by atoms with Gasteiger partial charge in [0.1, 0.15) is 0 Å². The summed E-state index contributed by atoms with van der Waals surface area (Å²) in [5.41, 5.74) is -0.411. The first-order valence-electron chi connectivity index (χ1n) is 4.24. The monoisotopic (exact) mass is 203 g/mol. The van der Waals surface area contributed by atoms with Crippen molar-refractivity contribution in [2.45, 2.75) is 32.4 Å². The van der Waals surface area contributed by atoms with Crippen molar-refractivity contribution >= 4 is 0 Å². The summed E-state index contributed by atoms with van der Waals surface area (Å²) in [5.74, 6) is 0. The smallest absolute Gasteiger partial charge is 0.264 e. The van der Waals surface area contributed by atoms with Gasteiger partial charge in [0, 0.05) is 12.4 Å². The van der Waals surface area contributed by atoms with Gasteiger partial charge in [0.15, 0.2) is 0 Å². The molecule has 0 unspecified atom stereocenters. The lowest BCUT2D eigenvalue weighted by molar-refractivity contribution is -0.137. The van der Waals surface area contributed by atoms with Crippen LogP contribution in [0.5, 0.6) is 0 Å². The van der Waals surface area contributed by atoms with Crippen molar-refractivity contribution < 1.29 is 13.2 Å². The minimum absolute atomic E-state index is 0.311. The third kappa shape index (κ3) is 2.47. The van der Waals surface area contributed by atoms with Crippen LogP contribution in [-0.4, -0.2) is 4.98 Å². The molecule has 0 radical (unpaired) electrons. The number of nitrogens with zero attached hydrogens (tertiary/aromatic N) is 1. The maximum Gasteiger partial charge on any atom is 0.417 e. The summed E-state index contributed by atoms with van der Waals surface area (Å²) in [5, 5.41) is 0. The van der Waals surface area contributed by atoms with Gasteiger partial charge in [-0.3, -0.25) is 4.98 Å². The van der Waals surface area contributed by atoms with E-state index >= 15 is 0 Å². The van der Waals surface area contributed by atoms with Crippen LogP contribution in [-0.2, 0) is 11.6 Å². The van der Waals surface area contributed by atoms with Crippen molar-refractivity contribution in [3.8, 4) is 0 Å². The lowest BCUT2D eigenvalue weighted by atomic mass is 9.87. The van der Waals surface area contributed by atoms with Crippen LogP contribution in [0.25, 0.3) is 0 Å². The first-order valence-corrected chi connectivity index (χ1v) is 4.24. The average Bonchev–Trinajstić information content (AvgIpc) is 2.01. The molecule has 0 fully saturated rings. The molecule has 1 aromatic heterocycles. The van der Waals surface area contributed by atoms with Gasteiger partial charge in [-0.1, -0.05) is 20.8 Å². The first kappa shape index (κ1) is 11.0. The van der Waals surface area contributed by atoms with Crippen LogP contribution in [0.15, 0.2) is 18.5 Å². The number of halogens is 3. The van der Waals surface area contributed by atoms with Crippen molar-refractivity contribution in [1.82, 2.24) is 4.98 Å². The molecule has 0 N–H and O–H groups in total. The average molecular weight is 203 g/mol. The molecular weight excluding hydrogens is 191 g/mol. The van der Waals surface area contributed by atoms with E-state index in [0.29, 0.717) is 5.56 Å². The fourth-order valence-corrected chi connectivity index (χ4v) is 1.01. The van der Waals surface area contributed by atoms with Gasteiger partial charge in [-0.25, -0.2) is 0 Å². The van der Waals surface area contributed by atoms with Crippen LogP contribution in [0.4, 0.5) is 13.2 Å². The summed E-state index contributed by atoms with van der Waals surface area (Å²) >= 11 is 0. The van der Waals surface area contributed by atoms with Crippen LogP contribution in [0, 0.1) is 0 Å². The molecule has 1 aromatic rings. The molecule has 0 atom stereocenters. The highest BCUT2D eigenvalue weighted by molar-refractivity contribution is 5.25. The minimum Gasteiger partial charge on any atom is -0.264 e. The van der Waals surface area contributed by atoms with Gasteiger partial charge in [-0.05, 0) is 17.0 Å². The van der Waals surface area contributed by atoms with Crippen molar-refractivity contribution in [1.29, 1.82) is 0 Å². The summed E-state index contributed by atoms with van der Waals surface area (Å²) in [6.45, 7) is 5.55. The molecule has 0 aromatic carbocycles. The third-order valence-corrected chi connectivity index (χ3v) is 1.93. The van der Waals surface area contributed by atoms with E-state index in [1.54, 1.807) is 0 Å². The van der Waals surface area contributed by atoms with Crippen LogP contribution in [0.3, 0.4) is 0 Å². The van der Waals surface area contributed by atoms with Crippen LogP contribution < -0.4 is 0 Å². The maximum atomic E-state index is 12.3. The second-order valence-corrected chi connectivity index (χ2v) is 4.21. The fourth-order valence-electron chi connectivity index (χ4n) is 1.01. The van der Waals surface area contributed by atoms with Gasteiger partial charge >= 0.3 is 6.18 Å². The molecular formula is C10H12F3N. The third-order valence-electron chi connectivity index (χ3n) is 1.93. The first-order chi connectivity index (χ1) is 6.21. The zero-order valence-corrected chi connectivity index (χ0v) is 8.31. The Morgan fingerprint density at radius 3 is 1.93 bits per heavy atom. The van der Waals surface area contributed by atoms with Crippen molar-refractivity contribution in [3.05, 3.63) is 29.6 Å². The summed E-state index contributed by atoms with van der Waals surface area (Å²) in [4.78, 5) is 3.60. The van der Waals surface area contributed by atoms with E-state index in [-0.39, 0.29) is 5.41 Å². The standard InChI is InChI=1S/C10H12F3N/c1-9(2,3)7-4-8(6-14-5-7)10(11,12)13/h4-6H,1-3H3. The van der Waals surface area contributed by atoms with Crippen molar-refractivity contribution in [2.24, 2.45) is 0 Å². The molecule has 0 spiro atoms. The summed E-state index contributed by atoms with van der Waals surface area (Å²) < 4.78 is 36.9. The normalized spacial score (nSPS) is 13.0. The molecule has 0 aliphatic rings. The van der Waals surface area contributed by atoms with Gasteiger partial charge < -0.3 is 0 Å². The summed E-state index contributed by atoms with van der Waals surface area (Å²) in [6.07, 6.45) is -2.00. The van der Waals surface area contributed by atoms with E-state index in [1.165, 1.54) is 6.20 Å². The van der Waals surface area contributed by atoms with E-state index in [1.807, 2.05) is 20.8 Å². The molecule has 1 heterocycles. The van der Waals surface area contributed by atoms with Crippen molar-refractivity contribution in [2.75, 3.05) is 0 Å². The van der Waals surface area contributed by atoms with Crippen LogP contribution in [0.1, 0.15) is 31.9 Å². The Balaban J connectivity index is 3.15. The Kier molecular flexibility index (Phi) is 2.56. The maximum absolute atomic E-state index is 12.3. The highest BCUT2D eigenvalue weighted by Gasteiger charge is 2.31. The van der Waals surface area contributed by atoms with Gasteiger partial charge in [0.25, 0.3) is 0 Å². The Hall–Kier alpha value is -1.06. The second kappa shape index (κ2) is 3.26. The molecule has 4 heteroatoms. The van der Waals surface area contributed by atoms with Crippen LogP contribution >= 0.6 is 0 Å². The SMILES string of the molecule is CC(C)(C)c1cncc(C(F)(F)F)c1. The lowest BCUT2D eigenvalue weighted by Gasteiger charge is -2.19. The van der Waals surface area contributed by atoms with Gasteiger partial charge in [0.05, 0.1) is 5.56 Å². The Bertz CT molecular complexity index is 294. The fraction of sp³-hybridized carbons (Fsp3) is 0.500. The van der Waals surface area contributed by atoms with Crippen molar-refractivity contribution in [3.63, 3.8) is 0 Å². The molecule has 0 aliphatic carbocycles. The summed E-state index contributed by atoms with van der Waals surface area (Å²) in [6, 6.07) is 1.15. The predicted molar refractivity (Wildman–Crippen MR) is 47.9 cm³/mol. The largest absolute Gasteiger partial charge is 0.417 e. The van der Waals surface area contributed by atoms with E-state index in [9.17, 15) is 13.2 Å². The number of rotatable bonds is 0. The molecule has 0 aliphatic heterocycles. The van der Waals surface area contributed by atoms with E-state index in [0.717, 1.165) is 12.3 Å². The molecule has 1 nitrogen and oxygen atoms in total. The molecule has 0 amide bonds. The zero-order valence-electron chi connectivity index (χ0n) is 8.31. The molecule has 0 saturated heterocycles. The molecule has 0 bridgehead atoms. The number of alkyl halides is 3. The predicted octanol–water partition coefficient (Wildman–Crippen LogP) is 3.40. The Labute approximate surface area is 81.0 Å². The van der Waals surface area contributed by atoms with E-state index in [4.69, 9.17) is 0 Å². The Morgan fingerprint density at radius 1 is 1.00 bits per heavy atom. The highest BCUT2D eigenvalue weighted by Crippen LogP contribution is 2.31. The van der Waals surface area contributed by atoms with Crippen LogP contribution in [0.2, 0.25) is 0 Å². The highest BCUT2D eigenvalue weighted by atomic mass is 19.4. The second-order valence-electron chi connectivity index (χ2n) is 4.21. The van der Waals surface area contributed by atoms with Gasteiger partial charge in [0.2, 0.25) is 0 Å². The van der Waals surface area contributed by atoms with Gasteiger partial charge in [-0.2, -0.15) is 13.2 Å². The van der Waals surface area contributed by atoms with Gasteiger partial charge in [-0.15, -0.1) is 0 Å². The zero-order chi connectivity index (χ0) is 11.0. The van der Waals surface area contributed by atoms with E-state index < -0.39 is 11.7 Å². The number of hydrogen-bond donors (Lipinski definition) is 0. The summed E-state index contributed by atoms with van der Waals surface area (Å²) in [7, 11) is 0. The quantitative estimate of drug-likeness (QED) is 0.629. The lowest BCUT2D eigenvalue weighted by Crippen LogP contribution is -2.14. The van der Waals surface area contributed by atoms with E-state index in [2.05, 4.69) is 4.98 Å². The number of aromatic nitrogens is 1. The molecule has 78 valence electrons. The molecule has 14 heavy (non-hydrogen) atoms. The number of pyridine rings is 1. The number of hydrogen-bond acceptors (Lipinski definition) is 1. The minimum atomic E-state index is -4.31. The topological polar surface area (TPSA) is 12.9 Å². The Morgan fingerprint density at radius 2 is 1.50 bits per heavy atom. The molecule has 0 saturated carbocycles.